The van der Waals surface area contributed by atoms with Crippen LogP contribution in [0.1, 0.15) is 46.4 Å². The molecule has 0 spiro atoms. The van der Waals surface area contributed by atoms with Crippen molar-refractivity contribution in [3.05, 3.63) is 44.7 Å². The van der Waals surface area contributed by atoms with Crippen LogP contribution in [0.15, 0.2) is 27.9 Å². The molecule has 0 saturated carbocycles. The van der Waals surface area contributed by atoms with Crippen LogP contribution in [0.2, 0.25) is 0 Å². The van der Waals surface area contributed by atoms with Crippen molar-refractivity contribution < 1.29 is 14.3 Å². The van der Waals surface area contributed by atoms with Gasteiger partial charge in [0.1, 0.15) is 26.2 Å². The first kappa shape index (κ1) is 23.5. The molecule has 0 radical (unpaired) electrons. The fraction of sp³-hybridized carbons (Fsp3) is 0.333. The van der Waals surface area contributed by atoms with Gasteiger partial charge in [0, 0.05) is 26.1 Å². The van der Waals surface area contributed by atoms with Gasteiger partial charge in [-0.1, -0.05) is 17.8 Å². The number of carbonyl (C=O) groups excluding carboxylic acids is 2. The van der Waals surface area contributed by atoms with Crippen LogP contribution in [0.3, 0.4) is 0 Å². The Morgan fingerprint density at radius 3 is 2.85 bits per heavy atom. The molecule has 34 heavy (non-hydrogen) atoms. The summed E-state index contributed by atoms with van der Waals surface area (Å²) in [6, 6.07) is 3.90. The predicted octanol–water partition coefficient (Wildman–Crippen LogP) is 6.58. The molecular formula is C24H23N3O3S4. The molecule has 0 aromatic carbocycles. The number of anilines is 1. The Hall–Kier alpha value is -2.27. The maximum absolute atomic E-state index is 12.9. The molecule has 176 valence electrons. The first-order valence-electron chi connectivity index (χ1n) is 11.1. The van der Waals surface area contributed by atoms with Gasteiger partial charge in [-0.2, -0.15) is 0 Å². The van der Waals surface area contributed by atoms with E-state index in [-0.39, 0.29) is 18.3 Å². The van der Waals surface area contributed by atoms with E-state index in [4.69, 9.17) is 4.74 Å². The van der Waals surface area contributed by atoms with Crippen molar-refractivity contribution in [2.75, 3.05) is 17.7 Å². The number of hydrogen-bond donors (Lipinski definition) is 1. The molecule has 1 aliphatic carbocycles. The smallest absolute Gasteiger partial charge is 0.341 e. The summed E-state index contributed by atoms with van der Waals surface area (Å²) in [6.45, 7) is 3.94. The Morgan fingerprint density at radius 2 is 2.06 bits per heavy atom. The molecule has 10 heteroatoms. The molecule has 6 nitrogen and oxygen atoms in total. The Balaban J connectivity index is 1.37. The first-order chi connectivity index (χ1) is 16.5. The van der Waals surface area contributed by atoms with E-state index in [2.05, 4.69) is 15.3 Å². The Kier molecular flexibility index (Phi) is 7.01. The minimum Gasteiger partial charge on any atom is -0.462 e. The molecule has 0 unspecified atom stereocenters. The third-order valence-corrected chi connectivity index (χ3v) is 9.50. The fourth-order valence-corrected chi connectivity index (χ4v) is 8.16. The number of nitrogens with zero attached hydrogens (tertiary/aromatic N) is 2. The van der Waals surface area contributed by atoms with Gasteiger partial charge in [-0.25, -0.2) is 14.8 Å². The van der Waals surface area contributed by atoms with Crippen LogP contribution in [0.5, 0.6) is 0 Å². The monoisotopic (exact) mass is 529 g/mol. The number of ether oxygens (including phenoxy) is 1. The number of carbonyl (C=O) groups is 2. The van der Waals surface area contributed by atoms with Crippen molar-refractivity contribution in [1.29, 1.82) is 0 Å². The molecule has 4 aromatic rings. The van der Waals surface area contributed by atoms with Gasteiger partial charge in [0.25, 0.3) is 0 Å². The SMILES string of the molecule is CCOC(=O)c1c(-c2cccs2)csc1NC(=O)CSc1nc(C)nc2sc3c(c12)CCCC3. The van der Waals surface area contributed by atoms with Crippen LogP contribution < -0.4 is 5.32 Å². The molecule has 0 saturated heterocycles. The fourth-order valence-electron chi connectivity index (χ4n) is 4.10. The number of aryl methyl sites for hydroxylation is 3. The third kappa shape index (κ3) is 4.64. The van der Waals surface area contributed by atoms with Crippen molar-refractivity contribution in [3.63, 3.8) is 0 Å². The second kappa shape index (κ2) is 10.2. The lowest BCUT2D eigenvalue weighted by molar-refractivity contribution is -0.113. The topological polar surface area (TPSA) is 81.2 Å². The highest BCUT2D eigenvalue weighted by Crippen LogP contribution is 2.40. The molecule has 1 amide bonds. The van der Waals surface area contributed by atoms with Crippen molar-refractivity contribution in [2.24, 2.45) is 0 Å². The summed E-state index contributed by atoms with van der Waals surface area (Å²) in [5.74, 6) is 0.319. The van der Waals surface area contributed by atoms with Crippen molar-refractivity contribution in [3.8, 4) is 10.4 Å². The second-order valence-corrected chi connectivity index (χ2v) is 11.7. The average Bonchev–Trinajstić information content (AvgIpc) is 3.55. The number of nitrogens with one attached hydrogen (secondary N) is 1. The lowest BCUT2D eigenvalue weighted by atomic mass is 9.97. The van der Waals surface area contributed by atoms with Gasteiger partial charge in [-0.3, -0.25) is 4.79 Å². The number of hydrogen-bond acceptors (Lipinski definition) is 9. The quantitative estimate of drug-likeness (QED) is 0.166. The molecule has 4 aromatic heterocycles. The van der Waals surface area contributed by atoms with Gasteiger partial charge in [0.05, 0.1) is 12.4 Å². The number of thioether (sulfide) groups is 1. The summed E-state index contributed by atoms with van der Waals surface area (Å²) in [6.07, 6.45) is 4.54. The summed E-state index contributed by atoms with van der Waals surface area (Å²) in [4.78, 5) is 38.4. The minimum atomic E-state index is -0.423. The standard InChI is InChI=1S/C24H23N3O3S4/c1-3-30-24(29)20-15(16-9-6-10-31-16)11-32-22(20)27-18(28)12-33-21-19-14-7-4-5-8-17(14)34-23(19)26-13(2)25-21/h6,9-11H,3-5,7-8,12H2,1-2H3,(H,27,28). The van der Waals surface area contributed by atoms with Crippen LogP contribution in [-0.2, 0) is 22.4 Å². The number of esters is 1. The number of rotatable bonds is 7. The summed E-state index contributed by atoms with van der Waals surface area (Å²) >= 11 is 6.09. The zero-order chi connectivity index (χ0) is 23.7. The maximum atomic E-state index is 12.9. The van der Waals surface area contributed by atoms with Gasteiger partial charge >= 0.3 is 5.97 Å². The number of thiophene rings is 3. The number of amides is 1. The molecule has 1 aliphatic rings. The van der Waals surface area contributed by atoms with E-state index in [0.717, 1.165) is 44.3 Å². The Bertz CT molecular complexity index is 1360. The maximum Gasteiger partial charge on any atom is 0.341 e. The zero-order valence-electron chi connectivity index (χ0n) is 18.8. The second-order valence-electron chi connectivity index (χ2n) is 7.86. The van der Waals surface area contributed by atoms with Crippen LogP contribution in [-0.4, -0.2) is 34.2 Å². The van der Waals surface area contributed by atoms with Gasteiger partial charge in [0.2, 0.25) is 5.91 Å². The van der Waals surface area contributed by atoms with E-state index in [1.54, 1.807) is 29.6 Å². The van der Waals surface area contributed by atoms with Crippen molar-refractivity contribution >= 4 is 72.9 Å². The van der Waals surface area contributed by atoms with E-state index in [9.17, 15) is 9.59 Å². The lowest BCUT2D eigenvalue weighted by Crippen LogP contribution is -2.16. The van der Waals surface area contributed by atoms with E-state index in [1.807, 2.05) is 29.8 Å². The molecular weight excluding hydrogens is 507 g/mol. The van der Waals surface area contributed by atoms with E-state index in [1.165, 1.54) is 46.4 Å². The highest BCUT2D eigenvalue weighted by atomic mass is 32.2. The highest BCUT2D eigenvalue weighted by molar-refractivity contribution is 8.00. The molecule has 4 heterocycles. The van der Waals surface area contributed by atoms with Gasteiger partial charge in [-0.05, 0) is 56.5 Å². The average molecular weight is 530 g/mol. The predicted molar refractivity (Wildman–Crippen MR) is 142 cm³/mol. The summed E-state index contributed by atoms with van der Waals surface area (Å²) < 4.78 is 5.28. The third-order valence-electron chi connectivity index (χ3n) is 5.54. The van der Waals surface area contributed by atoms with Gasteiger partial charge in [0.15, 0.2) is 0 Å². The summed E-state index contributed by atoms with van der Waals surface area (Å²) in [5.41, 5.74) is 2.57. The van der Waals surface area contributed by atoms with Gasteiger partial charge < -0.3 is 10.1 Å². The molecule has 0 fully saturated rings. The van der Waals surface area contributed by atoms with Crippen LogP contribution >= 0.6 is 45.8 Å². The molecule has 1 N–H and O–H groups in total. The van der Waals surface area contributed by atoms with Crippen LogP contribution in [0.25, 0.3) is 20.7 Å². The number of aromatic nitrogens is 2. The number of fused-ring (bicyclic) bond motifs is 3. The van der Waals surface area contributed by atoms with Crippen LogP contribution in [0.4, 0.5) is 5.00 Å². The van der Waals surface area contributed by atoms with E-state index in [0.29, 0.717) is 10.6 Å². The minimum absolute atomic E-state index is 0.177. The van der Waals surface area contributed by atoms with E-state index < -0.39 is 5.97 Å². The zero-order valence-corrected chi connectivity index (χ0v) is 22.1. The normalized spacial score (nSPS) is 13.1. The summed E-state index contributed by atoms with van der Waals surface area (Å²) in [5, 5.41) is 9.31. The van der Waals surface area contributed by atoms with Crippen LogP contribution in [0, 0.1) is 6.92 Å². The Morgan fingerprint density at radius 1 is 1.21 bits per heavy atom. The largest absolute Gasteiger partial charge is 0.462 e. The van der Waals surface area contributed by atoms with Crippen molar-refractivity contribution in [1.82, 2.24) is 9.97 Å². The molecule has 5 rings (SSSR count). The van der Waals surface area contributed by atoms with Gasteiger partial charge in [-0.15, -0.1) is 34.0 Å². The summed E-state index contributed by atoms with van der Waals surface area (Å²) in [7, 11) is 0. The molecule has 0 aliphatic heterocycles. The lowest BCUT2D eigenvalue weighted by Gasteiger charge is -2.12. The van der Waals surface area contributed by atoms with E-state index >= 15 is 0 Å². The molecule has 0 bridgehead atoms. The first-order valence-corrected chi connectivity index (χ1v) is 14.6. The highest BCUT2D eigenvalue weighted by Gasteiger charge is 2.24. The Labute approximate surface area is 213 Å². The van der Waals surface area contributed by atoms with Crippen molar-refractivity contribution in [2.45, 2.75) is 44.6 Å². The molecule has 0 atom stereocenters.